The number of benzene rings is 1. The molecule has 126 valence electrons. The summed E-state index contributed by atoms with van der Waals surface area (Å²) in [5.74, 6) is 0.811. The van der Waals surface area contributed by atoms with E-state index >= 15 is 0 Å². The van der Waals surface area contributed by atoms with Crippen molar-refractivity contribution in [3.63, 3.8) is 0 Å². The van der Waals surface area contributed by atoms with Crippen molar-refractivity contribution < 1.29 is 4.79 Å². The molecule has 1 aliphatic heterocycles. The summed E-state index contributed by atoms with van der Waals surface area (Å²) in [6.07, 6.45) is 9.76. The number of nitrogens with one attached hydrogen (secondary N) is 2. The van der Waals surface area contributed by atoms with Crippen molar-refractivity contribution >= 4 is 5.91 Å². The zero-order valence-electron chi connectivity index (χ0n) is 13.8. The fourth-order valence-corrected chi connectivity index (χ4v) is 4.12. The minimum absolute atomic E-state index is 0.0324. The normalized spacial score (nSPS) is 26.1. The smallest absolute Gasteiger partial charge is 0.237 e. The average molecular weight is 324 g/mol. The van der Waals surface area contributed by atoms with Gasteiger partial charge in [-0.3, -0.25) is 4.79 Å². The first-order chi connectivity index (χ1) is 11.8. The molecule has 1 amide bonds. The number of amides is 1. The highest BCUT2D eigenvalue weighted by molar-refractivity contribution is 5.82. The Morgan fingerprint density at radius 3 is 2.96 bits per heavy atom. The summed E-state index contributed by atoms with van der Waals surface area (Å²) in [6, 6.07) is 10.5. The van der Waals surface area contributed by atoms with E-state index in [0.717, 1.165) is 17.7 Å². The predicted octanol–water partition coefficient (Wildman–Crippen LogP) is 2.41. The summed E-state index contributed by atoms with van der Waals surface area (Å²) in [7, 11) is 0. The second kappa shape index (κ2) is 6.77. The molecule has 2 aromatic rings. The molecule has 1 saturated heterocycles. The van der Waals surface area contributed by atoms with Crippen molar-refractivity contribution in [2.75, 3.05) is 0 Å². The maximum Gasteiger partial charge on any atom is 0.237 e. The summed E-state index contributed by atoms with van der Waals surface area (Å²) in [6.45, 7) is 0.530. The highest BCUT2D eigenvalue weighted by Gasteiger charge is 2.38. The zero-order valence-corrected chi connectivity index (χ0v) is 13.8. The molecule has 0 radical (unpaired) electrons. The quantitative estimate of drug-likeness (QED) is 0.908. The number of rotatable bonds is 4. The van der Waals surface area contributed by atoms with Crippen molar-refractivity contribution in [1.29, 1.82) is 0 Å². The van der Waals surface area contributed by atoms with Crippen molar-refractivity contribution in [2.24, 2.45) is 5.92 Å². The predicted molar refractivity (Wildman–Crippen MR) is 92.7 cm³/mol. The van der Waals surface area contributed by atoms with Crippen molar-refractivity contribution in [3.8, 4) is 5.69 Å². The van der Waals surface area contributed by atoms with Gasteiger partial charge in [-0.2, -0.15) is 5.10 Å². The summed E-state index contributed by atoms with van der Waals surface area (Å²) in [5.41, 5.74) is 2.08. The van der Waals surface area contributed by atoms with Crippen LogP contribution in [-0.4, -0.2) is 27.8 Å². The lowest BCUT2D eigenvalue weighted by Gasteiger charge is -2.24. The van der Waals surface area contributed by atoms with Crippen LogP contribution in [0.15, 0.2) is 42.7 Å². The third-order valence-corrected chi connectivity index (χ3v) is 5.38. The van der Waals surface area contributed by atoms with Gasteiger partial charge in [0, 0.05) is 25.0 Å². The molecule has 2 fully saturated rings. The van der Waals surface area contributed by atoms with E-state index in [2.05, 4.69) is 15.7 Å². The third kappa shape index (κ3) is 3.08. The van der Waals surface area contributed by atoms with Crippen LogP contribution < -0.4 is 10.6 Å². The number of carbonyl (C=O) groups is 1. The molecular formula is C19H24N4O. The first kappa shape index (κ1) is 15.4. The second-order valence-corrected chi connectivity index (χ2v) is 6.90. The summed E-state index contributed by atoms with van der Waals surface area (Å²) in [5, 5.41) is 10.9. The van der Waals surface area contributed by atoms with Crippen molar-refractivity contribution in [1.82, 2.24) is 20.4 Å². The largest absolute Gasteiger partial charge is 0.351 e. The van der Waals surface area contributed by atoms with Gasteiger partial charge in [0.25, 0.3) is 0 Å². The van der Waals surface area contributed by atoms with E-state index in [4.69, 9.17) is 0 Å². The molecule has 5 heteroatoms. The molecule has 0 spiro atoms. The topological polar surface area (TPSA) is 59.0 Å². The summed E-state index contributed by atoms with van der Waals surface area (Å²) < 4.78 is 1.84. The highest BCUT2D eigenvalue weighted by atomic mass is 16.2. The van der Waals surface area contributed by atoms with Crippen molar-refractivity contribution in [3.05, 3.63) is 48.3 Å². The summed E-state index contributed by atoms with van der Waals surface area (Å²) in [4.78, 5) is 12.6. The summed E-state index contributed by atoms with van der Waals surface area (Å²) >= 11 is 0. The average Bonchev–Trinajstić information content (AvgIpc) is 3.29. The maximum absolute atomic E-state index is 12.6. The van der Waals surface area contributed by atoms with Gasteiger partial charge in [0.2, 0.25) is 5.91 Å². The van der Waals surface area contributed by atoms with Crippen LogP contribution in [0.25, 0.3) is 5.69 Å². The SMILES string of the molecule is O=C(NCc1ccccc1-n1cccn1)C1CC2CCCCC2N1. The molecule has 1 aromatic heterocycles. The van der Waals surface area contributed by atoms with Crippen LogP contribution in [0.1, 0.15) is 37.7 Å². The van der Waals surface area contributed by atoms with E-state index in [-0.39, 0.29) is 11.9 Å². The van der Waals surface area contributed by atoms with Gasteiger partial charge < -0.3 is 10.6 Å². The maximum atomic E-state index is 12.6. The standard InChI is InChI=1S/C19H24N4O/c24-19(17-12-14-6-1-3-8-16(14)22-17)20-13-15-7-2-4-9-18(15)23-11-5-10-21-23/h2,4-5,7,9-11,14,16-17,22H,1,3,6,8,12-13H2,(H,20,24). The van der Waals surface area contributed by atoms with E-state index in [9.17, 15) is 4.79 Å². The number of nitrogens with zero attached hydrogens (tertiary/aromatic N) is 2. The molecule has 1 aromatic carbocycles. The third-order valence-electron chi connectivity index (χ3n) is 5.38. The number of hydrogen-bond acceptors (Lipinski definition) is 3. The molecule has 2 aliphatic rings. The Morgan fingerprint density at radius 2 is 2.12 bits per heavy atom. The van der Waals surface area contributed by atoms with E-state index in [1.807, 2.05) is 41.2 Å². The lowest BCUT2D eigenvalue weighted by molar-refractivity contribution is -0.123. The van der Waals surface area contributed by atoms with Gasteiger partial charge in [-0.15, -0.1) is 0 Å². The van der Waals surface area contributed by atoms with E-state index in [1.165, 1.54) is 25.7 Å². The Morgan fingerprint density at radius 1 is 1.25 bits per heavy atom. The Labute approximate surface area is 142 Å². The van der Waals surface area contributed by atoms with Gasteiger partial charge in [0.05, 0.1) is 11.7 Å². The van der Waals surface area contributed by atoms with Gasteiger partial charge in [0.1, 0.15) is 0 Å². The molecule has 5 nitrogen and oxygen atoms in total. The van der Waals surface area contributed by atoms with Crippen LogP contribution in [-0.2, 0) is 11.3 Å². The molecule has 1 aliphatic carbocycles. The van der Waals surface area contributed by atoms with Crippen molar-refractivity contribution in [2.45, 2.75) is 50.7 Å². The van der Waals surface area contributed by atoms with Gasteiger partial charge in [0.15, 0.2) is 0 Å². The van der Waals surface area contributed by atoms with Crippen LogP contribution in [0.5, 0.6) is 0 Å². The van der Waals surface area contributed by atoms with Crippen LogP contribution in [0.2, 0.25) is 0 Å². The molecule has 2 N–H and O–H groups in total. The van der Waals surface area contributed by atoms with Gasteiger partial charge in [-0.05, 0) is 42.9 Å². The van der Waals surface area contributed by atoms with Gasteiger partial charge >= 0.3 is 0 Å². The number of aromatic nitrogens is 2. The van der Waals surface area contributed by atoms with E-state index < -0.39 is 0 Å². The van der Waals surface area contributed by atoms with Gasteiger partial charge in [-0.25, -0.2) is 4.68 Å². The van der Waals surface area contributed by atoms with E-state index in [1.54, 1.807) is 6.20 Å². The fraction of sp³-hybridized carbons (Fsp3) is 0.474. The number of carbonyl (C=O) groups excluding carboxylic acids is 1. The zero-order chi connectivity index (χ0) is 16.4. The first-order valence-electron chi connectivity index (χ1n) is 8.93. The van der Waals surface area contributed by atoms with Crippen LogP contribution in [0, 0.1) is 5.92 Å². The molecule has 2 heterocycles. The fourth-order valence-electron chi connectivity index (χ4n) is 4.12. The molecule has 4 rings (SSSR count). The minimum Gasteiger partial charge on any atom is -0.351 e. The Hall–Kier alpha value is -2.14. The Kier molecular flexibility index (Phi) is 4.34. The van der Waals surface area contributed by atoms with Gasteiger partial charge in [-0.1, -0.05) is 31.0 Å². The molecular weight excluding hydrogens is 300 g/mol. The first-order valence-corrected chi connectivity index (χ1v) is 8.93. The number of para-hydroxylation sites is 1. The van der Waals surface area contributed by atoms with Crippen LogP contribution >= 0.6 is 0 Å². The molecule has 24 heavy (non-hydrogen) atoms. The lowest BCUT2D eigenvalue weighted by atomic mass is 9.85. The number of hydrogen-bond donors (Lipinski definition) is 2. The lowest BCUT2D eigenvalue weighted by Crippen LogP contribution is -2.43. The Balaban J connectivity index is 1.40. The van der Waals surface area contributed by atoms with Crippen LogP contribution in [0.4, 0.5) is 0 Å². The molecule has 3 unspecified atom stereocenters. The van der Waals surface area contributed by atoms with Crippen LogP contribution in [0.3, 0.4) is 0 Å². The second-order valence-electron chi connectivity index (χ2n) is 6.90. The van der Waals surface area contributed by atoms with E-state index in [0.29, 0.717) is 18.5 Å². The minimum atomic E-state index is -0.0324. The Bertz CT molecular complexity index is 683. The molecule has 0 bridgehead atoms. The molecule has 1 saturated carbocycles. The number of fused-ring (bicyclic) bond motifs is 1. The molecule has 3 atom stereocenters. The monoisotopic (exact) mass is 324 g/mol. The highest BCUT2D eigenvalue weighted by Crippen LogP contribution is 2.33.